The fourth-order valence-corrected chi connectivity index (χ4v) is 6.08. The molecule has 0 aromatic heterocycles. The van der Waals surface area contributed by atoms with E-state index < -0.39 is 20.6 Å². The topological polar surface area (TPSA) is 96.7 Å². The molecule has 1 saturated heterocycles. The van der Waals surface area contributed by atoms with Crippen LogP contribution in [0.4, 0.5) is 0 Å². The van der Waals surface area contributed by atoms with E-state index in [9.17, 15) is 13.2 Å². The average molecular weight is 485 g/mol. The van der Waals surface area contributed by atoms with Crippen molar-refractivity contribution < 1.29 is 22.7 Å². The summed E-state index contributed by atoms with van der Waals surface area (Å²) in [7, 11) is -3.99. The van der Waals surface area contributed by atoms with E-state index in [4.69, 9.17) is 14.7 Å². The third-order valence-corrected chi connectivity index (χ3v) is 8.71. The highest BCUT2D eigenvalue weighted by Crippen LogP contribution is 2.37. The maximum atomic E-state index is 13.7. The molecule has 0 radical (unpaired) electrons. The number of nitrogens with zero attached hydrogens (tertiary/aromatic N) is 2. The maximum Gasteiger partial charge on any atom is 0.327 e. The van der Waals surface area contributed by atoms with Gasteiger partial charge in [0.05, 0.1) is 29.7 Å². The maximum absolute atomic E-state index is 13.7. The zero-order valence-corrected chi connectivity index (χ0v) is 20.6. The van der Waals surface area contributed by atoms with E-state index in [1.165, 1.54) is 12.1 Å². The monoisotopic (exact) mass is 484 g/mol. The highest BCUT2D eigenvalue weighted by molar-refractivity contribution is 7.93. The number of piperidine rings is 1. The minimum atomic E-state index is -3.99. The van der Waals surface area contributed by atoms with E-state index >= 15 is 0 Å². The SMILES string of the molecule is CCCCOc1ccc(S(=O)(=O)C2(C(=O)OCC)CCN(Cc3ccc(C#N)cc3)CC2)cc1. The van der Waals surface area contributed by atoms with Gasteiger partial charge in [-0.25, -0.2) is 8.42 Å². The number of hydrogen-bond acceptors (Lipinski definition) is 7. The van der Waals surface area contributed by atoms with Gasteiger partial charge in [0.15, 0.2) is 14.6 Å². The van der Waals surface area contributed by atoms with Gasteiger partial charge in [-0.1, -0.05) is 25.5 Å². The Balaban J connectivity index is 1.78. The fourth-order valence-electron chi connectivity index (χ4n) is 4.14. The van der Waals surface area contributed by atoms with Gasteiger partial charge in [-0.3, -0.25) is 9.69 Å². The van der Waals surface area contributed by atoms with Crippen LogP contribution >= 0.6 is 0 Å². The van der Waals surface area contributed by atoms with Gasteiger partial charge < -0.3 is 9.47 Å². The molecule has 0 N–H and O–H groups in total. The second-order valence-corrected chi connectivity index (χ2v) is 10.7. The van der Waals surface area contributed by atoms with Crippen molar-refractivity contribution in [2.45, 2.75) is 55.7 Å². The van der Waals surface area contributed by atoms with Crippen LogP contribution in [0.2, 0.25) is 0 Å². The van der Waals surface area contributed by atoms with Gasteiger partial charge in [-0.15, -0.1) is 0 Å². The van der Waals surface area contributed by atoms with Gasteiger partial charge in [0.25, 0.3) is 0 Å². The largest absolute Gasteiger partial charge is 0.494 e. The van der Waals surface area contributed by atoms with Crippen molar-refractivity contribution in [3.63, 3.8) is 0 Å². The molecule has 0 unspecified atom stereocenters. The molecule has 1 heterocycles. The molecule has 182 valence electrons. The van der Waals surface area contributed by atoms with Gasteiger partial charge in [0.2, 0.25) is 0 Å². The quantitative estimate of drug-likeness (QED) is 0.370. The van der Waals surface area contributed by atoms with Gasteiger partial charge in [-0.2, -0.15) is 5.26 Å². The number of carbonyl (C=O) groups is 1. The first-order chi connectivity index (χ1) is 16.4. The fraction of sp³-hybridized carbons (Fsp3) is 0.462. The number of carbonyl (C=O) groups excluding carboxylic acids is 1. The third kappa shape index (κ3) is 5.60. The molecule has 0 aliphatic carbocycles. The molecule has 0 saturated carbocycles. The van der Waals surface area contributed by atoms with E-state index in [1.807, 2.05) is 12.1 Å². The van der Waals surface area contributed by atoms with Crippen molar-refractivity contribution in [1.82, 2.24) is 4.90 Å². The predicted molar refractivity (Wildman–Crippen MR) is 129 cm³/mol. The number of rotatable bonds is 10. The molecule has 2 aromatic carbocycles. The average Bonchev–Trinajstić information content (AvgIpc) is 2.85. The second-order valence-electron chi connectivity index (χ2n) is 8.48. The Morgan fingerprint density at radius 1 is 1.06 bits per heavy atom. The van der Waals surface area contributed by atoms with Crippen LogP contribution in [0.5, 0.6) is 5.75 Å². The van der Waals surface area contributed by atoms with Crippen molar-refractivity contribution >= 4 is 15.8 Å². The number of benzene rings is 2. The molecule has 1 fully saturated rings. The molecule has 0 atom stereocenters. The molecule has 1 aliphatic heterocycles. The zero-order valence-electron chi connectivity index (χ0n) is 19.8. The van der Waals surface area contributed by atoms with Crippen molar-refractivity contribution in [2.75, 3.05) is 26.3 Å². The van der Waals surface area contributed by atoms with Crippen molar-refractivity contribution in [3.05, 3.63) is 59.7 Å². The zero-order chi connectivity index (χ0) is 24.6. The highest BCUT2D eigenvalue weighted by Gasteiger charge is 2.54. The van der Waals surface area contributed by atoms with E-state index in [1.54, 1.807) is 31.2 Å². The Kier molecular flexibility index (Phi) is 8.70. The van der Waals surface area contributed by atoms with Gasteiger partial charge >= 0.3 is 5.97 Å². The van der Waals surface area contributed by atoms with Gasteiger partial charge in [0, 0.05) is 19.6 Å². The Hall–Kier alpha value is -2.89. The highest BCUT2D eigenvalue weighted by atomic mass is 32.2. The Morgan fingerprint density at radius 2 is 1.71 bits per heavy atom. The van der Waals surface area contributed by atoms with Crippen LogP contribution in [0.1, 0.15) is 50.7 Å². The summed E-state index contributed by atoms with van der Waals surface area (Å²) in [6.07, 6.45) is 2.24. The summed E-state index contributed by atoms with van der Waals surface area (Å²) in [5.41, 5.74) is 1.63. The van der Waals surface area contributed by atoms with Crippen LogP contribution < -0.4 is 4.74 Å². The third-order valence-electron chi connectivity index (χ3n) is 6.22. The van der Waals surface area contributed by atoms with Crippen molar-refractivity contribution in [1.29, 1.82) is 5.26 Å². The van der Waals surface area contributed by atoms with Crippen molar-refractivity contribution in [2.24, 2.45) is 0 Å². The predicted octanol–water partition coefficient (Wildman–Crippen LogP) is 4.11. The molecule has 0 spiro atoms. The summed E-state index contributed by atoms with van der Waals surface area (Å²) in [5.74, 6) is -0.0777. The summed E-state index contributed by atoms with van der Waals surface area (Å²) in [4.78, 5) is 15.3. The molecule has 3 rings (SSSR count). The summed E-state index contributed by atoms with van der Waals surface area (Å²) in [6.45, 7) is 5.95. The van der Waals surface area contributed by atoms with E-state index in [2.05, 4.69) is 17.9 Å². The minimum Gasteiger partial charge on any atom is -0.494 e. The Morgan fingerprint density at radius 3 is 2.26 bits per heavy atom. The summed E-state index contributed by atoms with van der Waals surface area (Å²) < 4.78 is 36.8. The normalized spacial score (nSPS) is 15.9. The molecule has 2 aromatic rings. The van der Waals surface area contributed by atoms with Crippen LogP contribution in [0, 0.1) is 11.3 Å². The number of ether oxygens (including phenoxy) is 2. The first kappa shape index (κ1) is 25.7. The van der Waals surface area contributed by atoms with Crippen LogP contribution in [-0.2, 0) is 25.9 Å². The molecule has 0 bridgehead atoms. The van der Waals surface area contributed by atoms with Crippen LogP contribution in [0.3, 0.4) is 0 Å². The standard InChI is InChI=1S/C26H32N2O5S/c1-3-5-18-33-23-10-12-24(13-11-23)34(30,31)26(25(29)32-4-2)14-16-28(17-15-26)20-22-8-6-21(19-27)7-9-22/h6-13H,3-5,14-18,20H2,1-2H3. The first-order valence-electron chi connectivity index (χ1n) is 11.7. The summed E-state index contributed by atoms with van der Waals surface area (Å²) in [5, 5.41) is 8.97. The number of likely N-dealkylation sites (tertiary alicyclic amines) is 1. The van der Waals surface area contributed by atoms with Gasteiger partial charge in [-0.05, 0) is 68.1 Å². The van der Waals surface area contributed by atoms with Crippen molar-refractivity contribution in [3.8, 4) is 11.8 Å². The number of esters is 1. The lowest BCUT2D eigenvalue weighted by molar-refractivity contribution is -0.147. The molecule has 0 amide bonds. The molecule has 7 nitrogen and oxygen atoms in total. The van der Waals surface area contributed by atoms with E-state index in [0.717, 1.165) is 18.4 Å². The smallest absolute Gasteiger partial charge is 0.327 e. The molecule has 34 heavy (non-hydrogen) atoms. The molecule has 8 heteroatoms. The second kappa shape index (κ2) is 11.5. The Labute approximate surface area is 202 Å². The number of sulfone groups is 1. The van der Waals surface area contributed by atoms with Crippen LogP contribution in [0.25, 0.3) is 0 Å². The first-order valence-corrected chi connectivity index (χ1v) is 13.2. The molecular weight excluding hydrogens is 452 g/mol. The number of hydrogen-bond donors (Lipinski definition) is 0. The Bertz CT molecular complexity index is 1100. The molecular formula is C26H32N2O5S. The van der Waals surface area contributed by atoms with E-state index in [0.29, 0.717) is 37.6 Å². The van der Waals surface area contributed by atoms with Gasteiger partial charge in [0.1, 0.15) is 5.75 Å². The lowest BCUT2D eigenvalue weighted by Crippen LogP contribution is -2.54. The minimum absolute atomic E-state index is 0.101. The number of nitriles is 1. The lowest BCUT2D eigenvalue weighted by atomic mass is 9.95. The summed E-state index contributed by atoms with van der Waals surface area (Å²) in [6, 6.07) is 15.7. The number of unbranched alkanes of at least 4 members (excludes halogenated alkanes) is 1. The lowest BCUT2D eigenvalue weighted by Gasteiger charge is -2.39. The van der Waals surface area contributed by atoms with Crippen LogP contribution in [0.15, 0.2) is 53.4 Å². The van der Waals surface area contributed by atoms with Crippen LogP contribution in [-0.4, -0.2) is 50.3 Å². The molecule has 1 aliphatic rings. The van der Waals surface area contributed by atoms with E-state index in [-0.39, 0.29) is 24.3 Å². The summed E-state index contributed by atoms with van der Waals surface area (Å²) >= 11 is 0.